The average Bonchev–Trinajstić information content (AvgIpc) is 2.26. The Kier molecular flexibility index (Phi) is 5.21. The molecule has 18 heavy (non-hydrogen) atoms. The van der Waals surface area contributed by atoms with Gasteiger partial charge in [-0.2, -0.15) is 0 Å². The number of benzene rings is 1. The van der Waals surface area contributed by atoms with Gasteiger partial charge in [-0.05, 0) is 51.3 Å². The summed E-state index contributed by atoms with van der Waals surface area (Å²) >= 11 is 0. The van der Waals surface area contributed by atoms with E-state index in [4.69, 9.17) is 4.74 Å². The summed E-state index contributed by atoms with van der Waals surface area (Å²) < 4.78 is 5.94. The molecule has 2 heteroatoms. The summed E-state index contributed by atoms with van der Waals surface area (Å²) in [5.41, 5.74) is 1.46. The van der Waals surface area contributed by atoms with Gasteiger partial charge in [0.25, 0.3) is 0 Å². The molecular formula is C16H27NO. The zero-order valence-corrected chi connectivity index (χ0v) is 12.6. The molecule has 0 aromatic heterocycles. The molecule has 1 rings (SSSR count). The van der Waals surface area contributed by atoms with Crippen molar-refractivity contribution in [2.75, 3.05) is 6.54 Å². The third-order valence-corrected chi connectivity index (χ3v) is 2.78. The molecule has 0 heterocycles. The van der Waals surface area contributed by atoms with Crippen LogP contribution in [0.3, 0.4) is 0 Å². The maximum atomic E-state index is 5.94. The van der Waals surface area contributed by atoms with Gasteiger partial charge in [0.15, 0.2) is 0 Å². The largest absolute Gasteiger partial charge is 0.489 e. The molecule has 1 atom stereocenters. The van der Waals surface area contributed by atoms with Gasteiger partial charge in [0.2, 0.25) is 0 Å². The molecule has 0 amide bonds. The molecule has 0 aliphatic carbocycles. The normalized spacial score (nSPS) is 13.7. The molecule has 0 bridgehead atoms. The maximum Gasteiger partial charge on any atom is 0.120 e. The molecule has 1 aromatic rings. The zero-order chi connectivity index (χ0) is 13.8. The quantitative estimate of drug-likeness (QED) is 0.852. The van der Waals surface area contributed by atoms with E-state index in [9.17, 15) is 0 Å². The highest BCUT2D eigenvalue weighted by Crippen LogP contribution is 2.20. The smallest absolute Gasteiger partial charge is 0.120 e. The Labute approximate surface area is 112 Å². The SMILES string of the molecule is CC(CNC(C)(C)C)Oc1cccc(C(C)C)c1. The summed E-state index contributed by atoms with van der Waals surface area (Å²) in [6.07, 6.45) is 0.173. The van der Waals surface area contributed by atoms with E-state index in [1.165, 1.54) is 5.56 Å². The van der Waals surface area contributed by atoms with E-state index in [1.54, 1.807) is 0 Å². The third-order valence-electron chi connectivity index (χ3n) is 2.78. The Morgan fingerprint density at radius 3 is 2.39 bits per heavy atom. The molecule has 0 fully saturated rings. The van der Waals surface area contributed by atoms with E-state index in [0.717, 1.165) is 12.3 Å². The van der Waals surface area contributed by atoms with Crippen molar-refractivity contribution in [1.82, 2.24) is 5.32 Å². The molecule has 0 saturated carbocycles. The van der Waals surface area contributed by atoms with Crippen LogP contribution in [0.1, 0.15) is 53.0 Å². The lowest BCUT2D eigenvalue weighted by Crippen LogP contribution is -2.41. The number of hydrogen-bond donors (Lipinski definition) is 1. The highest BCUT2D eigenvalue weighted by atomic mass is 16.5. The lowest BCUT2D eigenvalue weighted by molar-refractivity contribution is 0.203. The summed E-state index contributed by atoms with van der Waals surface area (Å²) in [5, 5.41) is 3.45. The fraction of sp³-hybridized carbons (Fsp3) is 0.625. The van der Waals surface area contributed by atoms with Gasteiger partial charge >= 0.3 is 0 Å². The minimum Gasteiger partial charge on any atom is -0.489 e. The zero-order valence-electron chi connectivity index (χ0n) is 12.6. The van der Waals surface area contributed by atoms with Gasteiger partial charge in [-0.1, -0.05) is 26.0 Å². The molecular weight excluding hydrogens is 222 g/mol. The molecule has 2 nitrogen and oxygen atoms in total. The molecule has 1 N–H and O–H groups in total. The van der Waals surface area contributed by atoms with Crippen molar-refractivity contribution < 1.29 is 4.74 Å². The van der Waals surface area contributed by atoms with E-state index >= 15 is 0 Å². The molecule has 102 valence electrons. The van der Waals surface area contributed by atoms with Crippen LogP contribution >= 0.6 is 0 Å². The lowest BCUT2D eigenvalue weighted by Gasteiger charge is -2.24. The van der Waals surface area contributed by atoms with Gasteiger partial charge < -0.3 is 10.1 Å². The molecule has 1 unspecified atom stereocenters. The molecule has 1 aromatic carbocycles. The van der Waals surface area contributed by atoms with Crippen molar-refractivity contribution in [2.45, 2.75) is 59.1 Å². The topological polar surface area (TPSA) is 21.3 Å². The van der Waals surface area contributed by atoms with Crippen LogP contribution in [0.15, 0.2) is 24.3 Å². The second-order valence-corrected chi connectivity index (χ2v) is 6.29. The summed E-state index contributed by atoms with van der Waals surface area (Å²) in [5.74, 6) is 1.50. The van der Waals surface area contributed by atoms with Gasteiger partial charge in [-0.3, -0.25) is 0 Å². The second-order valence-electron chi connectivity index (χ2n) is 6.29. The number of ether oxygens (including phenoxy) is 1. The molecule has 0 saturated heterocycles. The van der Waals surface area contributed by atoms with Crippen LogP contribution in [-0.2, 0) is 0 Å². The van der Waals surface area contributed by atoms with Crippen molar-refractivity contribution in [3.63, 3.8) is 0 Å². The van der Waals surface area contributed by atoms with Crippen LogP contribution in [0, 0.1) is 0 Å². The first-order valence-corrected chi connectivity index (χ1v) is 6.79. The molecule has 0 aliphatic rings. The first-order chi connectivity index (χ1) is 8.28. The Morgan fingerprint density at radius 2 is 1.83 bits per heavy atom. The average molecular weight is 249 g/mol. The van der Waals surface area contributed by atoms with Crippen LogP contribution < -0.4 is 10.1 Å². The van der Waals surface area contributed by atoms with Gasteiger partial charge in [0.05, 0.1) is 0 Å². The first-order valence-electron chi connectivity index (χ1n) is 6.79. The Balaban J connectivity index is 2.54. The lowest BCUT2D eigenvalue weighted by atomic mass is 10.0. The number of rotatable bonds is 5. The predicted octanol–water partition coefficient (Wildman–Crippen LogP) is 3.97. The highest BCUT2D eigenvalue weighted by Gasteiger charge is 2.12. The molecule has 0 aliphatic heterocycles. The van der Waals surface area contributed by atoms with Crippen molar-refractivity contribution in [2.24, 2.45) is 0 Å². The van der Waals surface area contributed by atoms with E-state index in [1.807, 2.05) is 6.07 Å². The van der Waals surface area contributed by atoms with Gasteiger partial charge in [0, 0.05) is 12.1 Å². The summed E-state index contributed by atoms with van der Waals surface area (Å²) in [7, 11) is 0. The van der Waals surface area contributed by atoms with Gasteiger partial charge in [-0.15, -0.1) is 0 Å². The van der Waals surface area contributed by atoms with E-state index < -0.39 is 0 Å². The van der Waals surface area contributed by atoms with Crippen molar-refractivity contribution in [3.8, 4) is 5.75 Å². The summed E-state index contributed by atoms with van der Waals surface area (Å²) in [6.45, 7) is 13.8. The van der Waals surface area contributed by atoms with E-state index in [2.05, 4.69) is 65.1 Å². The fourth-order valence-corrected chi connectivity index (χ4v) is 1.67. The Bertz CT molecular complexity index is 366. The number of nitrogens with one attached hydrogen (secondary N) is 1. The Hall–Kier alpha value is -1.02. The first kappa shape index (κ1) is 15.0. The van der Waals surface area contributed by atoms with E-state index in [0.29, 0.717) is 5.92 Å². The van der Waals surface area contributed by atoms with Crippen molar-refractivity contribution >= 4 is 0 Å². The predicted molar refractivity (Wildman–Crippen MR) is 78.4 cm³/mol. The van der Waals surface area contributed by atoms with Crippen LogP contribution in [0.25, 0.3) is 0 Å². The monoisotopic (exact) mass is 249 g/mol. The van der Waals surface area contributed by atoms with Crippen molar-refractivity contribution in [3.05, 3.63) is 29.8 Å². The van der Waals surface area contributed by atoms with E-state index in [-0.39, 0.29) is 11.6 Å². The van der Waals surface area contributed by atoms with Gasteiger partial charge in [0.1, 0.15) is 11.9 Å². The summed E-state index contributed by atoms with van der Waals surface area (Å²) in [6, 6.07) is 8.38. The van der Waals surface area contributed by atoms with Crippen LogP contribution in [0.5, 0.6) is 5.75 Å². The van der Waals surface area contributed by atoms with Crippen LogP contribution in [0.4, 0.5) is 0 Å². The van der Waals surface area contributed by atoms with Crippen molar-refractivity contribution in [1.29, 1.82) is 0 Å². The minimum absolute atomic E-state index is 0.136. The minimum atomic E-state index is 0.136. The van der Waals surface area contributed by atoms with Gasteiger partial charge in [-0.25, -0.2) is 0 Å². The van der Waals surface area contributed by atoms with Crippen LogP contribution in [0.2, 0.25) is 0 Å². The fourth-order valence-electron chi connectivity index (χ4n) is 1.67. The standard InChI is InChI=1S/C16H27NO/c1-12(2)14-8-7-9-15(10-14)18-13(3)11-17-16(4,5)6/h7-10,12-13,17H,11H2,1-6H3. The third kappa shape index (κ3) is 5.54. The Morgan fingerprint density at radius 1 is 1.17 bits per heavy atom. The highest BCUT2D eigenvalue weighted by molar-refractivity contribution is 5.30. The number of hydrogen-bond acceptors (Lipinski definition) is 2. The van der Waals surface area contributed by atoms with Crippen LogP contribution in [-0.4, -0.2) is 18.2 Å². The summed E-state index contributed by atoms with van der Waals surface area (Å²) in [4.78, 5) is 0. The molecule has 0 spiro atoms. The molecule has 0 radical (unpaired) electrons. The second kappa shape index (κ2) is 6.24. The maximum absolute atomic E-state index is 5.94.